The van der Waals surface area contributed by atoms with Gasteiger partial charge >= 0.3 is 0 Å². The zero-order chi connectivity index (χ0) is 4.12. The largest absolute Gasteiger partial charge is 0.312 e. The first-order valence-electron chi connectivity index (χ1n) is 1.35. The minimum Gasteiger partial charge on any atom is -0.312 e. The molecule has 0 fully saturated rings. The highest BCUT2D eigenvalue weighted by Gasteiger charge is 1.60. The van der Waals surface area contributed by atoms with Gasteiger partial charge in [-0.15, -0.1) is 0 Å². The second-order valence-electron chi connectivity index (χ2n) is 0.641. The maximum absolute atomic E-state index is 4.56. The lowest BCUT2D eigenvalue weighted by Crippen LogP contribution is -1.99. The first-order chi connectivity index (χ1) is 2.41. The van der Waals surface area contributed by atoms with Gasteiger partial charge in [0.15, 0.2) is 0 Å². The monoisotopic (exact) mass is 107 g/mol. The van der Waals surface area contributed by atoms with Crippen molar-refractivity contribution in [1.29, 1.82) is 0 Å². The summed E-state index contributed by atoms with van der Waals surface area (Å²) >= 11 is 4.56. The van der Waals surface area contributed by atoms with E-state index in [0.29, 0.717) is 0 Å². The third kappa shape index (κ3) is 4.48. The molecule has 0 aliphatic rings. The summed E-state index contributed by atoms with van der Waals surface area (Å²) in [5.41, 5.74) is 0. The summed E-state index contributed by atoms with van der Waals surface area (Å²) in [5.74, 6) is 0. The van der Waals surface area contributed by atoms with E-state index in [4.69, 9.17) is 0 Å². The molecule has 0 aromatic carbocycles. The SMILES string of the molecule is CNCP=S. The first-order valence-corrected chi connectivity index (χ1v) is 3.45. The molecule has 0 unspecified atom stereocenters. The summed E-state index contributed by atoms with van der Waals surface area (Å²) in [7, 11) is 2.89. The van der Waals surface area contributed by atoms with Crippen LogP contribution in [0.5, 0.6) is 0 Å². The summed E-state index contributed by atoms with van der Waals surface area (Å²) in [6, 6.07) is 0. The Labute approximate surface area is 38.6 Å². The van der Waals surface area contributed by atoms with Crippen LogP contribution in [-0.4, -0.2) is 13.3 Å². The molecule has 3 heteroatoms. The number of hydrogen-bond acceptors (Lipinski definition) is 2. The van der Waals surface area contributed by atoms with Gasteiger partial charge in [0, 0.05) is 6.29 Å². The molecule has 0 radical (unpaired) electrons. The van der Waals surface area contributed by atoms with Crippen molar-refractivity contribution in [3.63, 3.8) is 0 Å². The summed E-state index contributed by atoms with van der Waals surface area (Å²) in [6.45, 7) is 0. The van der Waals surface area contributed by atoms with Gasteiger partial charge in [-0.2, -0.15) is 0 Å². The van der Waals surface area contributed by atoms with Gasteiger partial charge in [0.1, 0.15) is 0 Å². The molecule has 0 aromatic heterocycles. The highest BCUT2D eigenvalue weighted by molar-refractivity contribution is 7.96. The Kier molecular flexibility index (Phi) is 4.91. The molecule has 0 bridgehead atoms. The molecule has 0 heterocycles. The predicted molar refractivity (Wildman–Crippen MR) is 28.2 cm³/mol. The third-order valence-corrected chi connectivity index (χ3v) is 1.06. The zero-order valence-corrected chi connectivity index (χ0v) is 4.77. The second-order valence-corrected chi connectivity index (χ2v) is 1.99. The van der Waals surface area contributed by atoms with Gasteiger partial charge in [-0.1, -0.05) is 11.8 Å². The minimum atomic E-state index is 0.926. The van der Waals surface area contributed by atoms with Gasteiger partial charge in [0.05, 0.1) is 0 Å². The van der Waals surface area contributed by atoms with Crippen LogP contribution in [0.1, 0.15) is 0 Å². The van der Waals surface area contributed by atoms with Crippen LogP contribution in [0.4, 0.5) is 0 Å². The van der Waals surface area contributed by atoms with Crippen LogP contribution in [0.3, 0.4) is 0 Å². The van der Waals surface area contributed by atoms with Gasteiger partial charge < -0.3 is 5.32 Å². The van der Waals surface area contributed by atoms with Gasteiger partial charge in [0.25, 0.3) is 0 Å². The molecule has 1 N–H and O–H groups in total. The molecule has 5 heavy (non-hydrogen) atoms. The van der Waals surface area contributed by atoms with Crippen molar-refractivity contribution in [2.75, 3.05) is 13.3 Å². The van der Waals surface area contributed by atoms with E-state index in [-0.39, 0.29) is 0 Å². The molecule has 0 aliphatic carbocycles. The van der Waals surface area contributed by atoms with Crippen molar-refractivity contribution in [2.24, 2.45) is 0 Å². The molecule has 0 saturated heterocycles. The second kappa shape index (κ2) is 4.48. The van der Waals surface area contributed by atoms with E-state index < -0.39 is 0 Å². The highest BCUT2D eigenvalue weighted by Crippen LogP contribution is 1.80. The maximum atomic E-state index is 4.56. The smallest absolute Gasteiger partial charge is 0.0480 e. The van der Waals surface area contributed by atoms with Gasteiger partial charge in [-0.25, -0.2) is 0 Å². The normalized spacial score (nSPS) is 9.00. The Morgan fingerprint density at radius 2 is 2.60 bits per heavy atom. The van der Waals surface area contributed by atoms with E-state index in [1.807, 2.05) is 7.05 Å². The molecule has 0 amide bonds. The third-order valence-electron chi connectivity index (χ3n) is 0.223. The molecule has 30 valence electrons. The van der Waals surface area contributed by atoms with E-state index in [0.717, 1.165) is 13.6 Å². The fraction of sp³-hybridized carbons (Fsp3) is 1.00. The van der Waals surface area contributed by atoms with Crippen LogP contribution < -0.4 is 5.32 Å². The first kappa shape index (κ1) is 5.48. The average Bonchev–Trinajstić information content (AvgIpc) is 1.41. The summed E-state index contributed by atoms with van der Waals surface area (Å²) in [6.07, 6.45) is 0.926. The van der Waals surface area contributed by atoms with Crippen LogP contribution >= 0.6 is 7.36 Å². The number of nitrogens with one attached hydrogen (secondary N) is 1. The Morgan fingerprint density at radius 1 is 2.00 bits per heavy atom. The Bertz CT molecular complexity index is 30.8. The molecule has 0 aliphatic heterocycles. The van der Waals surface area contributed by atoms with E-state index in [2.05, 4.69) is 17.1 Å². The van der Waals surface area contributed by atoms with E-state index in [1.54, 1.807) is 0 Å². The van der Waals surface area contributed by atoms with Crippen LogP contribution in [0, 0.1) is 0 Å². The topological polar surface area (TPSA) is 12.0 Å². The van der Waals surface area contributed by atoms with E-state index in [1.165, 1.54) is 0 Å². The molecule has 0 rings (SSSR count). The molecule has 0 saturated carbocycles. The Hall–Kier alpha value is 0.480. The molecular formula is C2H6NPS. The Morgan fingerprint density at radius 3 is 2.60 bits per heavy atom. The molecule has 0 spiro atoms. The molecular weight excluding hydrogens is 101 g/mol. The summed E-state index contributed by atoms with van der Waals surface area (Å²) < 4.78 is 0. The van der Waals surface area contributed by atoms with Gasteiger partial charge in [-0.3, -0.25) is 0 Å². The molecule has 1 nitrogen and oxygen atoms in total. The summed E-state index contributed by atoms with van der Waals surface area (Å²) in [4.78, 5) is 0. The van der Waals surface area contributed by atoms with Crippen LogP contribution in [0.25, 0.3) is 0 Å². The summed E-state index contributed by atoms with van der Waals surface area (Å²) in [5, 5.41) is 2.90. The fourth-order valence-corrected chi connectivity index (χ4v) is 0.581. The highest BCUT2D eigenvalue weighted by atomic mass is 32.4. The maximum Gasteiger partial charge on any atom is 0.0480 e. The van der Waals surface area contributed by atoms with Crippen LogP contribution in [0.15, 0.2) is 0 Å². The minimum absolute atomic E-state index is 0.926. The van der Waals surface area contributed by atoms with Crippen molar-refractivity contribution in [3.8, 4) is 0 Å². The van der Waals surface area contributed by atoms with Crippen molar-refractivity contribution in [1.82, 2.24) is 5.32 Å². The van der Waals surface area contributed by atoms with Crippen molar-refractivity contribution >= 4 is 19.2 Å². The van der Waals surface area contributed by atoms with E-state index in [9.17, 15) is 0 Å². The number of rotatable bonds is 2. The van der Waals surface area contributed by atoms with Crippen LogP contribution in [0.2, 0.25) is 0 Å². The van der Waals surface area contributed by atoms with Gasteiger partial charge in [-0.05, 0) is 14.4 Å². The average molecular weight is 107 g/mol. The lowest BCUT2D eigenvalue weighted by Gasteiger charge is -1.77. The standard InChI is InChI=1S/C2H6NPS/c1-3-2-4-5/h3H,2H2,1H3. The lowest BCUT2D eigenvalue weighted by molar-refractivity contribution is 0.983. The predicted octanol–water partition coefficient (Wildman–Crippen LogP) is 0.571. The van der Waals surface area contributed by atoms with E-state index >= 15 is 0 Å². The zero-order valence-electron chi connectivity index (χ0n) is 3.06. The quantitative estimate of drug-likeness (QED) is 0.518. The van der Waals surface area contributed by atoms with Crippen molar-refractivity contribution in [3.05, 3.63) is 0 Å². The molecule has 0 atom stereocenters. The van der Waals surface area contributed by atoms with Gasteiger partial charge in [0.2, 0.25) is 0 Å². The van der Waals surface area contributed by atoms with Crippen LogP contribution in [-0.2, 0) is 11.8 Å². The fourth-order valence-electron chi connectivity index (χ4n) is 0.0645. The van der Waals surface area contributed by atoms with Crippen molar-refractivity contribution in [2.45, 2.75) is 0 Å². The molecule has 0 aromatic rings. The van der Waals surface area contributed by atoms with Crippen molar-refractivity contribution < 1.29 is 0 Å². The lowest BCUT2D eigenvalue weighted by atomic mass is 11.3. The number of hydrogen-bond donors (Lipinski definition) is 1. The Balaban J connectivity index is 2.40.